The largest absolute Gasteiger partial charge is 0.748 e. The van der Waals surface area contributed by atoms with Gasteiger partial charge < -0.3 is 33.8 Å². The molecule has 1 unspecified atom stereocenters. The second-order valence-electron chi connectivity index (χ2n) is 17.9. The van der Waals surface area contributed by atoms with Crippen LogP contribution in [-0.4, -0.2) is 133 Å². The minimum Gasteiger partial charge on any atom is -0.748 e. The van der Waals surface area contributed by atoms with Crippen LogP contribution in [0.15, 0.2) is 65.1 Å². The van der Waals surface area contributed by atoms with Gasteiger partial charge in [0.05, 0.1) is 21.9 Å². The van der Waals surface area contributed by atoms with E-state index in [0.717, 1.165) is 59.3 Å². The minimum atomic E-state index is -4.87. The molecule has 2 saturated heterocycles. The Morgan fingerprint density at radius 1 is 0.761 bits per heavy atom. The van der Waals surface area contributed by atoms with Crippen molar-refractivity contribution < 1.29 is 55.8 Å². The summed E-state index contributed by atoms with van der Waals surface area (Å²) in [5.74, 6) is -3.78. The van der Waals surface area contributed by atoms with E-state index in [-0.39, 0.29) is 56.8 Å². The summed E-state index contributed by atoms with van der Waals surface area (Å²) in [4.78, 5) is 99.3. The third-order valence-electron chi connectivity index (χ3n) is 13.2. The van der Waals surface area contributed by atoms with Crippen LogP contribution < -0.4 is 20.1 Å². The van der Waals surface area contributed by atoms with Crippen LogP contribution in [0, 0.1) is 0 Å². The quantitative estimate of drug-likeness (QED) is 0.0311. The topological polar surface area (TPSA) is 227 Å². The van der Waals surface area contributed by atoms with Crippen molar-refractivity contribution in [2.24, 2.45) is 0 Å². The summed E-state index contributed by atoms with van der Waals surface area (Å²) < 4.78 is 43.8. The highest BCUT2D eigenvalue weighted by Crippen LogP contribution is 2.42. The first-order valence-corrected chi connectivity index (χ1v) is 26.5. The zero-order chi connectivity index (χ0) is 51.2. The van der Waals surface area contributed by atoms with E-state index in [9.17, 15) is 46.5 Å². The number of Topliss-reactive ketones (excluding diaryl/α,β-unsaturated/α-hetero) is 1. The van der Waals surface area contributed by atoms with Crippen LogP contribution >= 0.6 is 0 Å². The molecule has 5 amide bonds. The lowest BCUT2D eigenvalue weighted by atomic mass is 9.90. The summed E-state index contributed by atoms with van der Waals surface area (Å²) in [6.07, 6.45) is 2.06. The van der Waals surface area contributed by atoms with Crippen molar-refractivity contribution in [3.05, 3.63) is 71.6 Å². The Bertz CT molecular complexity index is 2740. The predicted octanol–water partition coefficient (Wildman–Crippen LogP) is 5.25. The minimum absolute atomic E-state index is 0.0124. The number of carbonyl (C=O) groups is 7. The molecule has 1 atom stereocenters. The van der Waals surface area contributed by atoms with Gasteiger partial charge in [-0.25, -0.2) is 17.8 Å². The summed E-state index contributed by atoms with van der Waals surface area (Å²) >= 11 is 0. The summed E-state index contributed by atoms with van der Waals surface area (Å²) in [6.45, 7) is 13.1. The number of nitrogens with zero attached hydrogens (tertiary/aromatic N) is 5. The molecule has 71 heavy (non-hydrogen) atoms. The fourth-order valence-electron chi connectivity index (χ4n) is 9.25. The molecule has 18 nitrogen and oxygen atoms in total. The van der Waals surface area contributed by atoms with Crippen molar-refractivity contribution in [3.63, 3.8) is 0 Å². The van der Waals surface area contributed by atoms with Crippen LogP contribution in [0.5, 0.6) is 0 Å². The molecule has 0 spiro atoms. The number of hydrogen-bond donors (Lipinski definition) is 1. The number of amides is 5. The summed E-state index contributed by atoms with van der Waals surface area (Å²) in [5, 5.41) is 4.80. The Balaban J connectivity index is 1.00. The molecule has 2 aromatic rings. The lowest BCUT2D eigenvalue weighted by Crippen LogP contribution is -2.50. The predicted molar refractivity (Wildman–Crippen MR) is 266 cm³/mol. The fourth-order valence-corrected chi connectivity index (χ4v) is 9.93. The van der Waals surface area contributed by atoms with Gasteiger partial charge >= 0.3 is 5.97 Å². The number of nitrogens with one attached hydrogen (secondary N) is 1. The van der Waals surface area contributed by atoms with Gasteiger partial charge in [-0.05, 0) is 83.2 Å². The van der Waals surface area contributed by atoms with Gasteiger partial charge in [0, 0.05) is 118 Å². The van der Waals surface area contributed by atoms with Crippen LogP contribution in [0.4, 0.5) is 5.69 Å². The number of unbranched alkanes of at least 4 members (excludes halogenated alkanes) is 4. The second-order valence-corrected chi connectivity index (χ2v) is 19.3. The molecule has 0 saturated carbocycles. The summed E-state index contributed by atoms with van der Waals surface area (Å²) in [6, 6.07) is 18.6. The summed E-state index contributed by atoms with van der Waals surface area (Å²) in [7, 11) is -4.87. The van der Waals surface area contributed by atoms with Crippen LogP contribution in [0.2, 0.25) is 0 Å². The SMILES string of the molecule is CCN(CC)c1ccc2c(-c3ccccc3C(=O)N3CCN(C(=O)CCCCC(=O)NC(CS(=O)(=O)[O-])C(=O)CCCCCCC(=O)ON4C(=O)CCC4=O)CC3)c3ccc(=[N+](CC)CC)cc-3oc2c1. The van der Waals surface area contributed by atoms with Gasteiger partial charge in [-0.1, -0.05) is 31.0 Å². The smallest absolute Gasteiger partial charge is 0.333 e. The van der Waals surface area contributed by atoms with Crippen molar-refractivity contribution >= 4 is 68.1 Å². The molecule has 19 heteroatoms. The van der Waals surface area contributed by atoms with Crippen LogP contribution in [0.3, 0.4) is 0 Å². The molecular formula is C52H66N6O12S. The van der Waals surface area contributed by atoms with E-state index < -0.39 is 51.4 Å². The Morgan fingerprint density at radius 3 is 2.06 bits per heavy atom. The first-order valence-electron chi connectivity index (χ1n) is 24.9. The lowest BCUT2D eigenvalue weighted by Gasteiger charge is -2.35. The average Bonchev–Trinajstić information content (AvgIpc) is 3.67. The normalized spacial score (nSPS) is 14.5. The monoisotopic (exact) mass is 998 g/mol. The zero-order valence-corrected chi connectivity index (χ0v) is 42.1. The number of anilines is 1. The van der Waals surface area contributed by atoms with Gasteiger partial charge in [0.2, 0.25) is 17.2 Å². The first kappa shape index (κ1) is 53.9. The van der Waals surface area contributed by atoms with Crippen LogP contribution in [0.25, 0.3) is 33.4 Å². The number of hydrogen-bond acceptors (Lipinski definition) is 13. The van der Waals surface area contributed by atoms with Gasteiger partial charge in [-0.3, -0.25) is 28.8 Å². The molecule has 382 valence electrons. The van der Waals surface area contributed by atoms with E-state index in [4.69, 9.17) is 9.25 Å². The molecule has 2 aromatic carbocycles. The van der Waals surface area contributed by atoms with E-state index in [1.165, 1.54) is 0 Å². The number of carbonyl (C=O) groups excluding carboxylic acids is 7. The van der Waals surface area contributed by atoms with Gasteiger partial charge in [0.1, 0.15) is 30.5 Å². The Labute approximate surface area is 415 Å². The average molecular weight is 999 g/mol. The Morgan fingerprint density at radius 2 is 1.39 bits per heavy atom. The number of piperazine rings is 1. The highest BCUT2D eigenvalue weighted by molar-refractivity contribution is 7.85. The maximum absolute atomic E-state index is 14.5. The van der Waals surface area contributed by atoms with E-state index in [1.807, 2.05) is 24.3 Å². The number of imide groups is 1. The number of fused-ring (bicyclic) bond motifs is 2. The Hall–Kier alpha value is -6.47. The number of rotatable bonds is 24. The van der Waals surface area contributed by atoms with Gasteiger partial charge in [0.25, 0.3) is 17.7 Å². The van der Waals surface area contributed by atoms with Gasteiger partial charge in [-0.2, -0.15) is 0 Å². The van der Waals surface area contributed by atoms with Crippen molar-refractivity contribution in [2.75, 3.05) is 63.0 Å². The highest BCUT2D eigenvalue weighted by Gasteiger charge is 2.33. The maximum Gasteiger partial charge on any atom is 0.333 e. The molecular weight excluding hydrogens is 933 g/mol. The molecule has 3 aliphatic heterocycles. The van der Waals surface area contributed by atoms with E-state index in [0.29, 0.717) is 80.3 Å². The standard InChI is InChI=1S/C52H66N6O12S/c1-5-54(6-2)36-23-25-40-44(33-36)69-45-34-37(55(7-3)8-4)24-26-41(45)51(40)38-17-13-14-18-39(38)52(65)57-31-29-56(30-32-57)47(61)21-16-15-20-46(60)53-42(35-71(66,67)68)43(59)19-11-9-10-12-22-50(64)70-58-48(62)27-28-49(58)63/h13-14,17-18,23-26,33-34,42H,5-12,15-16,19-22,27-32,35H2,1-4H3,(H-,53,60,66,67,68). The molecule has 0 radical (unpaired) electrons. The molecule has 1 N–H and O–H groups in total. The second kappa shape index (κ2) is 25.1. The lowest BCUT2D eigenvalue weighted by molar-refractivity contribution is -0.197. The van der Waals surface area contributed by atoms with E-state index >= 15 is 0 Å². The summed E-state index contributed by atoms with van der Waals surface area (Å²) in [5.41, 5.74) is 4.88. The third kappa shape index (κ3) is 14.1. The van der Waals surface area contributed by atoms with Crippen molar-refractivity contribution in [1.82, 2.24) is 24.8 Å². The van der Waals surface area contributed by atoms with Crippen molar-refractivity contribution in [2.45, 2.75) is 111 Å². The molecule has 6 rings (SSSR count). The first-order chi connectivity index (χ1) is 34.0. The molecule has 0 bridgehead atoms. The molecule has 4 aliphatic rings. The Kier molecular flexibility index (Phi) is 19.0. The number of ketones is 1. The van der Waals surface area contributed by atoms with E-state index in [1.54, 1.807) is 9.80 Å². The van der Waals surface area contributed by atoms with Crippen molar-refractivity contribution in [3.8, 4) is 22.5 Å². The highest BCUT2D eigenvalue weighted by atomic mass is 32.2. The number of benzene rings is 3. The third-order valence-corrected chi connectivity index (χ3v) is 13.9. The van der Waals surface area contributed by atoms with Gasteiger partial charge in [0.15, 0.2) is 5.78 Å². The fraction of sp³-hybridized carbons (Fsp3) is 0.500. The molecule has 1 aliphatic carbocycles. The molecule has 0 aromatic heterocycles. The van der Waals surface area contributed by atoms with Crippen molar-refractivity contribution in [1.29, 1.82) is 0 Å². The van der Waals surface area contributed by atoms with E-state index in [2.05, 4.69) is 78.9 Å². The number of hydroxylamine groups is 2. The van der Waals surface area contributed by atoms with Gasteiger partial charge in [-0.15, -0.1) is 5.06 Å². The molecule has 2 fully saturated rings. The molecule has 3 heterocycles. The zero-order valence-electron chi connectivity index (χ0n) is 41.2. The maximum atomic E-state index is 14.5. The van der Waals surface area contributed by atoms with Crippen LogP contribution in [0.1, 0.15) is 115 Å². The van der Waals surface area contributed by atoms with Crippen LogP contribution in [-0.2, 0) is 43.7 Å².